The zero-order valence-electron chi connectivity index (χ0n) is 4.40. The minimum atomic E-state index is 0. The van der Waals surface area contributed by atoms with E-state index in [0.29, 0.717) is 0 Å². The average Bonchev–Trinajstić information content (AvgIpc) is 1.38. The van der Waals surface area contributed by atoms with Crippen LogP contribution in [0.5, 0.6) is 0 Å². The Morgan fingerprint density at radius 2 is 1.67 bits per heavy atom. The monoisotopic (exact) mass is 161 g/mol. The predicted molar refractivity (Wildman–Crippen MR) is 35.7 cm³/mol. The van der Waals surface area contributed by atoms with Crippen LogP contribution in [0, 0.1) is 5.92 Å². The summed E-state index contributed by atoms with van der Waals surface area (Å²) >= 11 is 2.03. The Labute approximate surface area is 62.9 Å². The molecule has 0 spiro atoms. The molecule has 0 rings (SSSR count). The molecule has 0 aromatic heterocycles. The van der Waals surface area contributed by atoms with Crippen LogP contribution < -0.4 is 0 Å². The Kier molecular flexibility index (Phi) is 10.7. The first kappa shape index (κ1) is 10.3. The van der Waals surface area contributed by atoms with E-state index in [4.69, 9.17) is 0 Å². The van der Waals surface area contributed by atoms with Crippen molar-refractivity contribution in [2.75, 3.05) is 0 Å². The molecule has 0 aromatic carbocycles. The van der Waals surface area contributed by atoms with E-state index in [2.05, 4.69) is 13.8 Å². The summed E-state index contributed by atoms with van der Waals surface area (Å²) < 4.78 is 1.33. The molecule has 0 N–H and O–H groups in total. The number of rotatable bonds is 1. The van der Waals surface area contributed by atoms with E-state index in [0.717, 1.165) is 5.92 Å². The third-order valence-corrected chi connectivity index (χ3v) is 1.73. The van der Waals surface area contributed by atoms with Gasteiger partial charge in [0, 0.05) is 0 Å². The third-order valence-electron chi connectivity index (χ3n) is 0.577. The fourth-order valence-corrected chi connectivity index (χ4v) is 0. The lowest BCUT2D eigenvalue weighted by Gasteiger charge is -1.92. The second kappa shape index (κ2) is 6.25. The van der Waals surface area contributed by atoms with Gasteiger partial charge in [0.2, 0.25) is 21.7 Å². The van der Waals surface area contributed by atoms with Crippen LogP contribution in [0.15, 0.2) is 0 Å². The minimum absolute atomic E-state index is 0. The summed E-state index contributed by atoms with van der Waals surface area (Å²) in [4.78, 5) is 0. The van der Waals surface area contributed by atoms with E-state index in [1.807, 2.05) is 21.7 Å². The SMILES string of the molecule is Br.CC(C)[CH2][Mg]. The molecule has 6 heavy (non-hydrogen) atoms. The number of hydrogen-bond donors (Lipinski definition) is 0. The Bertz CT molecular complexity index is 21.5. The Morgan fingerprint density at radius 1 is 1.50 bits per heavy atom. The molecule has 0 atom stereocenters. The zero-order chi connectivity index (χ0) is 4.28. The normalized spacial score (nSPS) is 7.67. The van der Waals surface area contributed by atoms with Crippen molar-refractivity contribution in [3.8, 4) is 0 Å². The molecule has 0 aliphatic rings. The number of halogens is 1. The first-order valence-corrected chi connectivity index (χ1v) is 3.06. The van der Waals surface area contributed by atoms with Crippen molar-refractivity contribution in [1.82, 2.24) is 0 Å². The summed E-state index contributed by atoms with van der Waals surface area (Å²) in [7, 11) is 0. The van der Waals surface area contributed by atoms with Crippen molar-refractivity contribution in [3.05, 3.63) is 0 Å². The Morgan fingerprint density at radius 3 is 1.67 bits per heavy atom. The highest BCUT2D eigenvalue weighted by Crippen LogP contribution is 1.92. The van der Waals surface area contributed by atoms with Gasteiger partial charge in [-0.05, 0) is 0 Å². The summed E-state index contributed by atoms with van der Waals surface area (Å²) in [5.41, 5.74) is 0. The second-order valence-electron chi connectivity index (χ2n) is 1.68. The maximum atomic E-state index is 2.23. The van der Waals surface area contributed by atoms with Gasteiger partial charge in [0.1, 0.15) is 0 Å². The molecule has 0 fully saturated rings. The van der Waals surface area contributed by atoms with Crippen molar-refractivity contribution in [1.29, 1.82) is 0 Å². The lowest BCUT2D eigenvalue weighted by Crippen LogP contribution is -1.80. The van der Waals surface area contributed by atoms with E-state index in [1.165, 1.54) is 4.55 Å². The molecule has 0 bridgehead atoms. The highest BCUT2D eigenvalue weighted by atomic mass is 79.9. The van der Waals surface area contributed by atoms with E-state index in [1.54, 1.807) is 0 Å². The molecule has 0 aromatic rings. The third kappa shape index (κ3) is 8.98. The van der Waals surface area contributed by atoms with Crippen LogP contribution in [0.4, 0.5) is 0 Å². The molecule has 35 valence electrons. The van der Waals surface area contributed by atoms with Gasteiger partial charge in [-0.25, -0.2) is 0 Å². The van der Waals surface area contributed by atoms with Crippen LogP contribution in [-0.2, 0) is 0 Å². The minimum Gasteiger partial charge on any atom is -0.175 e. The summed E-state index contributed by atoms with van der Waals surface area (Å²) in [5, 5.41) is 0. The molecule has 1 radical (unpaired) electrons. The van der Waals surface area contributed by atoms with Gasteiger partial charge >= 0.3 is 0 Å². The number of hydrogen-bond acceptors (Lipinski definition) is 0. The molecule has 0 aliphatic carbocycles. The standard InChI is InChI=1S/C4H9.BrH.Mg/c1-4(2)3;;/h4H,1H2,2-3H3;1H;. The maximum Gasteiger partial charge on any atom is 0.222 e. The summed E-state index contributed by atoms with van der Waals surface area (Å²) in [5.74, 6) is 0.897. The topological polar surface area (TPSA) is 0 Å². The van der Waals surface area contributed by atoms with E-state index in [9.17, 15) is 0 Å². The second-order valence-corrected chi connectivity index (χ2v) is 2.26. The molecule has 0 saturated carbocycles. The van der Waals surface area contributed by atoms with Crippen LogP contribution in [0.2, 0.25) is 4.55 Å². The molecule has 0 heterocycles. The Balaban J connectivity index is 0. The van der Waals surface area contributed by atoms with Crippen molar-refractivity contribution in [3.63, 3.8) is 0 Å². The summed E-state index contributed by atoms with van der Waals surface area (Å²) in [6.07, 6.45) is 0. The first-order valence-electron chi connectivity index (χ1n) is 2.06. The van der Waals surface area contributed by atoms with Gasteiger partial charge in [-0.1, -0.05) is 19.8 Å². The van der Waals surface area contributed by atoms with Crippen molar-refractivity contribution in [2.45, 2.75) is 18.4 Å². The molecular formula is C4H10BrMg. The molecular weight excluding hydrogens is 152 g/mol. The van der Waals surface area contributed by atoms with Crippen molar-refractivity contribution in [2.24, 2.45) is 5.92 Å². The van der Waals surface area contributed by atoms with E-state index in [-0.39, 0.29) is 17.0 Å². The lowest BCUT2D eigenvalue weighted by atomic mass is 10.3. The highest BCUT2D eigenvalue weighted by Gasteiger charge is 1.78. The van der Waals surface area contributed by atoms with Gasteiger partial charge in [0.15, 0.2) is 0 Å². The van der Waals surface area contributed by atoms with Crippen LogP contribution in [-0.4, -0.2) is 21.7 Å². The zero-order valence-corrected chi connectivity index (χ0v) is 7.53. The molecule has 0 nitrogen and oxygen atoms in total. The van der Waals surface area contributed by atoms with Gasteiger partial charge in [-0.3, -0.25) is 0 Å². The fourth-order valence-electron chi connectivity index (χ4n) is 0. The quantitative estimate of drug-likeness (QED) is 0.516. The highest BCUT2D eigenvalue weighted by molar-refractivity contribution is 8.93. The predicted octanol–water partition coefficient (Wildman–Crippen LogP) is 1.81. The Hall–Kier alpha value is 1.25. The lowest BCUT2D eigenvalue weighted by molar-refractivity contribution is 0.735. The first-order chi connectivity index (χ1) is 2.27. The van der Waals surface area contributed by atoms with Crippen molar-refractivity contribution >= 4 is 38.7 Å². The smallest absolute Gasteiger partial charge is 0.175 e. The summed E-state index contributed by atoms with van der Waals surface area (Å²) in [6.45, 7) is 4.46. The molecule has 0 unspecified atom stereocenters. The van der Waals surface area contributed by atoms with E-state index >= 15 is 0 Å². The van der Waals surface area contributed by atoms with E-state index < -0.39 is 0 Å². The molecule has 0 saturated heterocycles. The van der Waals surface area contributed by atoms with Crippen LogP contribution in [0.25, 0.3) is 0 Å². The van der Waals surface area contributed by atoms with Crippen LogP contribution in [0.1, 0.15) is 13.8 Å². The molecule has 0 aliphatic heterocycles. The van der Waals surface area contributed by atoms with Gasteiger partial charge < -0.3 is 0 Å². The van der Waals surface area contributed by atoms with Gasteiger partial charge in [-0.15, -0.1) is 17.0 Å². The summed E-state index contributed by atoms with van der Waals surface area (Å²) in [6, 6.07) is 0. The van der Waals surface area contributed by atoms with Crippen molar-refractivity contribution < 1.29 is 0 Å². The largest absolute Gasteiger partial charge is 0.222 e. The molecule has 0 amide bonds. The maximum absolute atomic E-state index is 2.23. The molecule has 2 heteroatoms. The fraction of sp³-hybridized carbons (Fsp3) is 1.00. The van der Waals surface area contributed by atoms with Gasteiger partial charge in [0.25, 0.3) is 0 Å². The average molecular weight is 162 g/mol. The van der Waals surface area contributed by atoms with Crippen LogP contribution in [0.3, 0.4) is 0 Å². The van der Waals surface area contributed by atoms with Crippen LogP contribution >= 0.6 is 17.0 Å². The van der Waals surface area contributed by atoms with Gasteiger partial charge in [0.05, 0.1) is 0 Å². The van der Waals surface area contributed by atoms with Gasteiger partial charge in [-0.2, -0.15) is 4.55 Å².